The van der Waals surface area contributed by atoms with Gasteiger partial charge in [-0.25, -0.2) is 0 Å². The van der Waals surface area contributed by atoms with Gasteiger partial charge in [0, 0.05) is 27.7 Å². The maximum absolute atomic E-state index is 6.68. The average Bonchev–Trinajstić information content (AvgIpc) is 3.34. The number of fused-ring (bicyclic) bond motifs is 5. The molecule has 0 saturated heterocycles. The van der Waals surface area contributed by atoms with Gasteiger partial charge in [0.1, 0.15) is 11.2 Å². The van der Waals surface area contributed by atoms with E-state index in [0.29, 0.717) is 0 Å². The maximum atomic E-state index is 6.68. The summed E-state index contributed by atoms with van der Waals surface area (Å²) in [5.41, 5.74) is 7.29. The Morgan fingerprint density at radius 1 is 0.472 bits per heavy atom. The molecule has 0 N–H and O–H groups in total. The summed E-state index contributed by atoms with van der Waals surface area (Å²) in [6.07, 6.45) is 0. The van der Waals surface area contributed by atoms with Crippen LogP contribution in [0, 0.1) is 0 Å². The lowest BCUT2D eigenvalue weighted by atomic mass is 9.97. The average molecular weight is 462 g/mol. The van der Waals surface area contributed by atoms with Crippen LogP contribution >= 0.6 is 0 Å². The molecule has 0 aliphatic rings. The molecule has 0 aliphatic heterocycles. The van der Waals surface area contributed by atoms with Crippen LogP contribution < -0.4 is 4.90 Å². The molecule has 0 atom stereocenters. The Balaban J connectivity index is 1.61. The lowest BCUT2D eigenvalue weighted by Gasteiger charge is -2.27. The Bertz CT molecular complexity index is 1780. The van der Waals surface area contributed by atoms with Gasteiger partial charge < -0.3 is 9.32 Å². The summed E-state index contributed by atoms with van der Waals surface area (Å²) in [5, 5.41) is 4.72. The van der Waals surface area contributed by atoms with Crippen LogP contribution in [0.5, 0.6) is 0 Å². The van der Waals surface area contributed by atoms with E-state index in [4.69, 9.17) is 4.42 Å². The molecule has 36 heavy (non-hydrogen) atoms. The first-order chi connectivity index (χ1) is 17.9. The van der Waals surface area contributed by atoms with Gasteiger partial charge in [0.05, 0.1) is 5.69 Å². The number of hydrogen-bond donors (Lipinski definition) is 0. The zero-order valence-electron chi connectivity index (χ0n) is 19.6. The number of nitrogens with zero attached hydrogens (tertiary/aromatic N) is 1. The van der Waals surface area contributed by atoms with E-state index in [2.05, 4.69) is 144 Å². The van der Waals surface area contributed by atoms with Crippen LogP contribution in [0.4, 0.5) is 17.1 Å². The molecule has 0 fully saturated rings. The molecule has 0 bridgehead atoms. The van der Waals surface area contributed by atoms with Gasteiger partial charge in [0.2, 0.25) is 0 Å². The van der Waals surface area contributed by atoms with Crippen molar-refractivity contribution in [3.8, 4) is 11.1 Å². The molecule has 1 aromatic heterocycles. The maximum Gasteiger partial charge on any atom is 0.145 e. The van der Waals surface area contributed by atoms with E-state index < -0.39 is 0 Å². The Labute approximate surface area is 209 Å². The smallest absolute Gasteiger partial charge is 0.145 e. The lowest BCUT2D eigenvalue weighted by molar-refractivity contribution is 0.670. The molecule has 7 rings (SSSR count). The van der Waals surface area contributed by atoms with Crippen molar-refractivity contribution in [1.82, 2.24) is 0 Å². The topological polar surface area (TPSA) is 16.4 Å². The van der Waals surface area contributed by atoms with Crippen molar-refractivity contribution in [3.05, 3.63) is 140 Å². The second-order valence-electron chi connectivity index (χ2n) is 8.97. The van der Waals surface area contributed by atoms with Crippen LogP contribution in [0.3, 0.4) is 0 Å². The highest BCUT2D eigenvalue weighted by Gasteiger charge is 2.22. The van der Waals surface area contributed by atoms with Crippen LogP contribution in [-0.4, -0.2) is 0 Å². The molecule has 6 aromatic carbocycles. The molecule has 7 aromatic rings. The zero-order chi connectivity index (χ0) is 23.9. The normalized spacial score (nSPS) is 11.3. The van der Waals surface area contributed by atoms with E-state index in [0.717, 1.165) is 50.1 Å². The fraction of sp³-hybridized carbons (Fsp3) is 0. The minimum absolute atomic E-state index is 0.905. The molecule has 1 heterocycles. The second kappa shape index (κ2) is 8.44. The molecule has 0 radical (unpaired) electrons. The quantitative estimate of drug-likeness (QED) is 0.259. The van der Waals surface area contributed by atoms with Crippen molar-refractivity contribution in [2.24, 2.45) is 0 Å². The number of para-hydroxylation sites is 2. The Hall–Kier alpha value is -4.82. The van der Waals surface area contributed by atoms with Crippen molar-refractivity contribution >= 4 is 49.8 Å². The lowest BCUT2D eigenvalue weighted by Crippen LogP contribution is -2.11. The summed E-state index contributed by atoms with van der Waals surface area (Å²) < 4.78 is 6.68. The number of benzene rings is 6. The highest BCUT2D eigenvalue weighted by molar-refractivity contribution is 6.22. The third kappa shape index (κ3) is 3.27. The van der Waals surface area contributed by atoms with Gasteiger partial charge in [-0.2, -0.15) is 0 Å². The predicted octanol–water partition coefficient (Wildman–Crippen LogP) is 9.88. The number of rotatable bonds is 4. The van der Waals surface area contributed by atoms with E-state index in [9.17, 15) is 0 Å². The minimum Gasteiger partial charge on any atom is -0.455 e. The highest BCUT2D eigenvalue weighted by atomic mass is 16.3. The van der Waals surface area contributed by atoms with E-state index in [1.807, 2.05) is 0 Å². The first-order valence-electron chi connectivity index (χ1n) is 12.2. The van der Waals surface area contributed by atoms with Gasteiger partial charge in [-0.05, 0) is 58.8 Å². The molecule has 0 spiro atoms. The van der Waals surface area contributed by atoms with E-state index in [1.165, 1.54) is 10.8 Å². The first kappa shape index (κ1) is 20.5. The number of hydrogen-bond acceptors (Lipinski definition) is 2. The summed E-state index contributed by atoms with van der Waals surface area (Å²) in [6, 6.07) is 48.8. The van der Waals surface area contributed by atoms with Crippen molar-refractivity contribution in [2.75, 3.05) is 4.90 Å². The van der Waals surface area contributed by atoms with Gasteiger partial charge in [-0.3, -0.25) is 0 Å². The van der Waals surface area contributed by atoms with Crippen LogP contribution in [0.2, 0.25) is 0 Å². The first-order valence-corrected chi connectivity index (χ1v) is 12.2. The fourth-order valence-electron chi connectivity index (χ4n) is 5.25. The molecule has 0 aliphatic carbocycles. The molecule has 2 heteroatoms. The Morgan fingerprint density at radius 2 is 1.08 bits per heavy atom. The zero-order valence-corrected chi connectivity index (χ0v) is 19.6. The standard InChI is InChI=1S/C34H23NO/c1-4-13-25(14-5-1)32-30(35(26-15-6-2-7-16-26)27-17-8-3-9-18-27)22-21-29-33-28-19-11-10-12-24(28)20-23-31(33)36-34(29)32/h1-23H. The minimum atomic E-state index is 0.905. The van der Waals surface area contributed by atoms with Crippen LogP contribution in [-0.2, 0) is 0 Å². The SMILES string of the molecule is c1ccc(-c2c(N(c3ccccc3)c3ccccc3)ccc3c2oc2ccc4ccccc4c23)cc1. The van der Waals surface area contributed by atoms with Gasteiger partial charge in [-0.15, -0.1) is 0 Å². The van der Waals surface area contributed by atoms with Crippen LogP contribution in [0.15, 0.2) is 144 Å². The van der Waals surface area contributed by atoms with Crippen molar-refractivity contribution in [2.45, 2.75) is 0 Å². The number of anilines is 3. The molecule has 2 nitrogen and oxygen atoms in total. The molecule has 0 amide bonds. The fourth-order valence-corrected chi connectivity index (χ4v) is 5.25. The monoisotopic (exact) mass is 461 g/mol. The Kier molecular flexibility index (Phi) is 4.82. The predicted molar refractivity (Wildman–Crippen MR) is 151 cm³/mol. The Morgan fingerprint density at radius 3 is 1.78 bits per heavy atom. The molecule has 170 valence electrons. The summed E-state index contributed by atoms with van der Waals surface area (Å²) in [5.74, 6) is 0. The molecule has 0 saturated carbocycles. The summed E-state index contributed by atoms with van der Waals surface area (Å²) in [6.45, 7) is 0. The van der Waals surface area contributed by atoms with Gasteiger partial charge in [0.25, 0.3) is 0 Å². The van der Waals surface area contributed by atoms with E-state index in [-0.39, 0.29) is 0 Å². The van der Waals surface area contributed by atoms with Gasteiger partial charge >= 0.3 is 0 Å². The number of furan rings is 1. The highest BCUT2D eigenvalue weighted by Crippen LogP contribution is 2.47. The summed E-state index contributed by atoms with van der Waals surface area (Å²) in [7, 11) is 0. The third-order valence-electron chi connectivity index (χ3n) is 6.84. The van der Waals surface area contributed by atoms with Gasteiger partial charge in [-0.1, -0.05) is 97.1 Å². The second-order valence-corrected chi connectivity index (χ2v) is 8.97. The molecule has 0 unspecified atom stereocenters. The third-order valence-corrected chi connectivity index (χ3v) is 6.84. The van der Waals surface area contributed by atoms with E-state index >= 15 is 0 Å². The van der Waals surface area contributed by atoms with Crippen molar-refractivity contribution in [3.63, 3.8) is 0 Å². The van der Waals surface area contributed by atoms with E-state index in [1.54, 1.807) is 0 Å². The largest absolute Gasteiger partial charge is 0.455 e. The molecular weight excluding hydrogens is 438 g/mol. The van der Waals surface area contributed by atoms with Crippen molar-refractivity contribution in [1.29, 1.82) is 0 Å². The van der Waals surface area contributed by atoms with Crippen LogP contribution in [0.25, 0.3) is 43.8 Å². The summed E-state index contributed by atoms with van der Waals surface area (Å²) >= 11 is 0. The van der Waals surface area contributed by atoms with Crippen LogP contribution in [0.1, 0.15) is 0 Å². The van der Waals surface area contributed by atoms with Crippen molar-refractivity contribution < 1.29 is 4.42 Å². The van der Waals surface area contributed by atoms with Gasteiger partial charge in [0.15, 0.2) is 0 Å². The summed E-state index contributed by atoms with van der Waals surface area (Å²) in [4.78, 5) is 2.31. The molecular formula is C34H23NO.